The number of phenolic OH excluding ortho intramolecular Hbond substituents is 2. The van der Waals surface area contributed by atoms with E-state index in [9.17, 15) is 92.9 Å². The van der Waals surface area contributed by atoms with Gasteiger partial charge in [0.15, 0.2) is 11.5 Å². The number of carbonyl (C=O) groups excluding carboxylic acids is 13. The number of ether oxygens (including phenoxy) is 1. The van der Waals surface area contributed by atoms with Gasteiger partial charge in [0, 0.05) is 37.6 Å². The average molecular weight is 1290 g/mol. The van der Waals surface area contributed by atoms with Gasteiger partial charge < -0.3 is 90.0 Å². The minimum Gasteiger partial charge on any atom is -0.504 e. The molecule has 0 aromatic heterocycles. The van der Waals surface area contributed by atoms with E-state index in [1.807, 2.05) is 0 Å². The molecule has 36 heteroatoms. The summed E-state index contributed by atoms with van der Waals surface area (Å²) >= 11 is 0. The van der Waals surface area contributed by atoms with Crippen LogP contribution in [0.2, 0.25) is 0 Å². The summed E-state index contributed by atoms with van der Waals surface area (Å²) in [5.74, 6) is -13.7. The van der Waals surface area contributed by atoms with E-state index in [1.54, 1.807) is 0 Å². The second-order valence-electron chi connectivity index (χ2n) is 22.0. The van der Waals surface area contributed by atoms with E-state index in [0.29, 0.717) is 11.5 Å². The molecule has 91 heavy (non-hydrogen) atoms. The Morgan fingerprint density at radius 2 is 1.26 bits per heavy atom. The Labute approximate surface area is 522 Å². The van der Waals surface area contributed by atoms with Gasteiger partial charge in [0.25, 0.3) is 0 Å². The average Bonchev–Trinajstić information content (AvgIpc) is 0.774. The number of aliphatic carboxylic acids is 1. The van der Waals surface area contributed by atoms with Crippen LogP contribution in [0.1, 0.15) is 116 Å². The maximum Gasteiger partial charge on any atom is 0.328 e. The Morgan fingerprint density at radius 1 is 0.703 bits per heavy atom. The maximum atomic E-state index is 14.6. The molecule has 11 unspecified atom stereocenters. The Kier molecular flexibility index (Phi) is 29.7. The van der Waals surface area contributed by atoms with Gasteiger partial charge in [-0.2, -0.15) is 0 Å². The zero-order valence-electron chi connectivity index (χ0n) is 50.6. The van der Waals surface area contributed by atoms with E-state index >= 15 is 0 Å². The van der Waals surface area contributed by atoms with Crippen LogP contribution in [0.4, 0.5) is 5.69 Å². The first-order valence-electron chi connectivity index (χ1n) is 29.6. The summed E-state index contributed by atoms with van der Waals surface area (Å²) in [6.45, 7) is 3.35. The lowest BCUT2D eigenvalue weighted by Crippen LogP contribution is -2.65. The Balaban J connectivity index is 1.68. The Hall–Kier alpha value is -9.26. The number of phenols is 2. The molecule has 36 nitrogen and oxygen atoms in total. The van der Waals surface area contributed by atoms with Crippen molar-refractivity contribution in [3.05, 3.63) is 23.4 Å². The predicted molar refractivity (Wildman–Crippen MR) is 315 cm³/mol. The molecule has 2 fully saturated rings. The van der Waals surface area contributed by atoms with Crippen LogP contribution in [0.5, 0.6) is 11.5 Å². The van der Waals surface area contributed by atoms with E-state index in [0.717, 1.165) is 12.1 Å². The van der Waals surface area contributed by atoms with Crippen LogP contribution in [-0.2, 0) is 71.9 Å². The summed E-state index contributed by atoms with van der Waals surface area (Å²) in [5, 5.41) is 76.7. The Bertz CT molecular complexity index is 2850. The number of esters is 1. The number of nitrogens with two attached hydrogens (primary N) is 3. The number of primary amides is 1. The molecule has 3 aliphatic heterocycles. The molecule has 4 rings (SSSR count). The number of hydrogen-bond donors (Lipinski definition) is 18. The van der Waals surface area contributed by atoms with Gasteiger partial charge in [0.05, 0.1) is 17.8 Å². The van der Waals surface area contributed by atoms with Crippen LogP contribution < -0.4 is 75.3 Å². The van der Waals surface area contributed by atoms with Crippen molar-refractivity contribution in [2.24, 2.45) is 17.2 Å². The number of fused-ring (bicyclic) bond motifs is 3. The largest absolute Gasteiger partial charge is 0.504 e. The quantitative estimate of drug-likeness (QED) is 0.00798. The number of nitrogens with one attached hydrogen (secondary N) is 10. The van der Waals surface area contributed by atoms with Crippen molar-refractivity contribution in [3.63, 3.8) is 0 Å². The van der Waals surface area contributed by atoms with Gasteiger partial charge in [-0.1, -0.05) is 0 Å². The SMILES string of the molecule is CC1NC(=O)C(C)NC(=O)C(NC(=O)C(CCCCN)NC(=O)C(CCCN(O)C=O)NC(=O)C(CC(=O)O)NC(=O)C2CCNC3C(NC(=O)CCC(N)=O)=Cc4cc(O)c(O)cc4N23)C(C)OC(=O)C(CCCCN)NC(=O)C(CCCN(O)C=O)NC1=O. The van der Waals surface area contributed by atoms with Gasteiger partial charge in [-0.05, 0) is 123 Å². The second-order valence-corrected chi connectivity index (χ2v) is 22.0. The van der Waals surface area contributed by atoms with Gasteiger partial charge in [0.1, 0.15) is 66.6 Å². The van der Waals surface area contributed by atoms with Gasteiger partial charge >= 0.3 is 11.9 Å². The first-order chi connectivity index (χ1) is 43.1. The van der Waals surface area contributed by atoms with Gasteiger partial charge in [-0.3, -0.25) is 78.1 Å². The number of unbranched alkanes of at least 4 members (excludes halogenated alkanes) is 2. The molecule has 21 N–H and O–H groups in total. The fourth-order valence-corrected chi connectivity index (χ4v) is 9.91. The first kappa shape index (κ1) is 74.2. The highest BCUT2D eigenvalue weighted by Gasteiger charge is 2.43. The summed E-state index contributed by atoms with van der Waals surface area (Å²) in [6.07, 6.45) is -3.08. The standard InChI is InChI=1S/C55H84N16O20/c1-28-47(80)60-29(2)48(81)63-33(12-8-20-69(89)26-72)50(83)66-35(11-5-7-18-57)55(88)91-30(3)45(54(87)61-28)68-51(84)32(10-4-6-17-56)64-49(82)34(13-9-21-70(90)27-73)65-52(85)37(24-44(78)79)67-53(86)38-16-19-59-46-36(62-43(77)15-14-42(58)76)22-31-23-40(74)41(75)25-39(31)71(38)46/h22-23,25-30,32-35,37-38,45-46,59,74-75,89-90H,4-21,24,56-57H2,1-3H3,(H2,58,76)(H,60,80)(H,61,87)(H,62,77)(H,63,81)(H,64,82)(H,65,85)(H,66,83)(H,67,86)(H,68,84)(H,78,79). The van der Waals surface area contributed by atoms with E-state index in [-0.39, 0.29) is 132 Å². The first-order valence-corrected chi connectivity index (χ1v) is 29.6. The van der Waals surface area contributed by atoms with Crippen LogP contribution in [-0.4, -0.2) is 219 Å². The van der Waals surface area contributed by atoms with Crippen LogP contribution in [0, 0.1) is 0 Å². The fourth-order valence-electron chi connectivity index (χ4n) is 9.91. The molecular weight excluding hydrogens is 1200 g/mol. The third kappa shape index (κ3) is 22.9. The Morgan fingerprint density at radius 3 is 1.89 bits per heavy atom. The molecule has 0 radical (unpaired) electrons. The highest BCUT2D eigenvalue weighted by molar-refractivity contribution is 6.00. The molecule has 0 saturated carbocycles. The smallest absolute Gasteiger partial charge is 0.328 e. The lowest BCUT2D eigenvalue weighted by atomic mass is 9.95. The van der Waals surface area contributed by atoms with Crippen molar-refractivity contribution in [1.29, 1.82) is 0 Å². The van der Waals surface area contributed by atoms with Crippen LogP contribution in [0.3, 0.4) is 0 Å². The number of carboxylic acid groups (broad SMARTS) is 1. The van der Waals surface area contributed by atoms with Crippen LogP contribution >= 0.6 is 0 Å². The van der Waals surface area contributed by atoms with E-state index in [2.05, 4.69) is 53.2 Å². The number of benzene rings is 1. The summed E-state index contributed by atoms with van der Waals surface area (Å²) in [7, 11) is 0. The molecule has 3 heterocycles. The zero-order valence-corrected chi connectivity index (χ0v) is 50.6. The van der Waals surface area contributed by atoms with Crippen molar-refractivity contribution in [2.45, 2.75) is 177 Å². The minimum atomic E-state index is -1.97. The van der Waals surface area contributed by atoms with Gasteiger partial charge in [0.2, 0.25) is 71.9 Å². The number of anilines is 1. The minimum absolute atomic E-state index is 0.0368. The molecule has 0 bridgehead atoms. The van der Waals surface area contributed by atoms with Crippen molar-refractivity contribution < 1.29 is 97.6 Å². The number of rotatable bonds is 32. The van der Waals surface area contributed by atoms with Crippen LogP contribution in [0.25, 0.3) is 6.08 Å². The predicted octanol–water partition coefficient (Wildman–Crippen LogP) is -5.82. The number of amides is 12. The number of hydroxylamine groups is 4. The summed E-state index contributed by atoms with van der Waals surface area (Å²) in [6, 6.07) is -12.0. The number of cyclic esters (lactones) is 1. The topological polar surface area (TPSA) is 557 Å². The molecule has 504 valence electrons. The lowest BCUT2D eigenvalue weighted by Gasteiger charge is -2.47. The lowest BCUT2D eigenvalue weighted by molar-refractivity contribution is -0.156. The van der Waals surface area contributed by atoms with E-state index in [4.69, 9.17) is 21.9 Å². The normalized spacial score (nSPS) is 22.1. The van der Waals surface area contributed by atoms with E-state index < -0.39 is 169 Å². The summed E-state index contributed by atoms with van der Waals surface area (Å²) < 4.78 is 5.75. The van der Waals surface area contributed by atoms with Crippen molar-refractivity contribution >= 4 is 95.6 Å². The maximum absolute atomic E-state index is 14.6. The molecule has 1 aromatic carbocycles. The number of aromatic hydroxyl groups is 2. The molecule has 12 amide bonds. The van der Waals surface area contributed by atoms with Gasteiger partial charge in [-0.25, -0.2) is 14.9 Å². The molecule has 11 atom stereocenters. The summed E-state index contributed by atoms with van der Waals surface area (Å²) in [4.78, 5) is 188. The van der Waals surface area contributed by atoms with Crippen molar-refractivity contribution in [3.8, 4) is 11.5 Å². The third-order valence-electron chi connectivity index (χ3n) is 14.8. The van der Waals surface area contributed by atoms with Gasteiger partial charge in [-0.15, -0.1) is 0 Å². The molecule has 2 saturated heterocycles. The van der Waals surface area contributed by atoms with E-state index in [1.165, 1.54) is 31.7 Å². The van der Waals surface area contributed by atoms with Crippen molar-refractivity contribution in [2.75, 3.05) is 37.6 Å². The van der Waals surface area contributed by atoms with Crippen LogP contribution in [0.15, 0.2) is 17.8 Å². The number of carboxylic acids is 1. The molecule has 0 spiro atoms. The highest BCUT2D eigenvalue weighted by Crippen LogP contribution is 2.41. The number of carbonyl (C=O) groups is 14. The summed E-state index contributed by atoms with van der Waals surface area (Å²) in [5.41, 5.74) is 17.2. The highest BCUT2D eigenvalue weighted by atomic mass is 16.5. The molecule has 3 aliphatic rings. The molecule has 0 aliphatic carbocycles. The second kappa shape index (κ2) is 36.4. The fraction of sp³-hybridized carbons (Fsp3) is 0.600. The monoisotopic (exact) mass is 1290 g/mol. The van der Waals surface area contributed by atoms with Crippen molar-refractivity contribution in [1.82, 2.24) is 63.3 Å². The number of nitrogens with zero attached hydrogens (tertiary/aromatic N) is 3. The number of hydrogen-bond acceptors (Lipinski definition) is 23. The molecule has 1 aromatic rings. The zero-order chi connectivity index (χ0) is 67.6. The third-order valence-corrected chi connectivity index (χ3v) is 14.8. The molecular formula is C55H84N16O20.